The second-order valence-electron chi connectivity index (χ2n) is 13.7. The smallest absolute Gasteiger partial charge is 0.166 e. The normalized spacial score (nSPS) is 27.5. The van der Waals surface area contributed by atoms with E-state index >= 15 is 0 Å². The van der Waals surface area contributed by atoms with Gasteiger partial charge < -0.3 is 4.74 Å². The molecule has 3 aliphatic rings. The van der Waals surface area contributed by atoms with Gasteiger partial charge in [0.15, 0.2) is 5.78 Å². The van der Waals surface area contributed by atoms with Gasteiger partial charge in [0, 0.05) is 29.7 Å². The van der Waals surface area contributed by atoms with Gasteiger partial charge in [-0.05, 0) is 95.7 Å². The summed E-state index contributed by atoms with van der Waals surface area (Å²) < 4.78 is 5.87. The van der Waals surface area contributed by atoms with E-state index in [0.717, 1.165) is 53.9 Å². The van der Waals surface area contributed by atoms with Crippen LogP contribution < -0.4 is 4.74 Å². The Morgan fingerprint density at radius 1 is 0.762 bits per heavy atom. The van der Waals surface area contributed by atoms with E-state index < -0.39 is 0 Å². The van der Waals surface area contributed by atoms with E-state index in [1.165, 1.54) is 71.9 Å². The van der Waals surface area contributed by atoms with Crippen LogP contribution in [-0.4, -0.2) is 12.9 Å². The number of ether oxygens (including phenoxy) is 1. The van der Waals surface area contributed by atoms with Gasteiger partial charge in [-0.1, -0.05) is 100 Å². The van der Waals surface area contributed by atoms with Crippen LogP contribution in [0.5, 0.6) is 5.75 Å². The molecule has 2 atom stereocenters. The second kappa shape index (κ2) is 12.2. The summed E-state index contributed by atoms with van der Waals surface area (Å²) in [7, 11) is 1.73. The molecule has 0 aliphatic heterocycles. The Labute approximate surface area is 253 Å². The number of hydrogen-bond donors (Lipinski definition) is 0. The van der Waals surface area contributed by atoms with Crippen molar-refractivity contribution in [2.45, 2.75) is 90.4 Å². The Morgan fingerprint density at radius 3 is 2.10 bits per heavy atom. The number of carbonyl (C=O) groups excluding carboxylic acids is 1. The van der Waals surface area contributed by atoms with Crippen molar-refractivity contribution >= 4 is 5.78 Å². The summed E-state index contributed by atoms with van der Waals surface area (Å²) in [4.78, 5) is 13.6. The summed E-state index contributed by atoms with van der Waals surface area (Å²) in [5.74, 6) is 4.53. The summed E-state index contributed by atoms with van der Waals surface area (Å²) in [5, 5.41) is 0. The van der Waals surface area contributed by atoms with Gasteiger partial charge in [-0.2, -0.15) is 0 Å². The second-order valence-corrected chi connectivity index (χ2v) is 13.7. The number of hydrogen-bond acceptors (Lipinski definition) is 2. The highest BCUT2D eigenvalue weighted by Crippen LogP contribution is 2.46. The molecule has 0 bridgehead atoms. The van der Waals surface area contributed by atoms with Crippen molar-refractivity contribution in [1.29, 1.82) is 0 Å². The highest BCUT2D eigenvalue weighted by atomic mass is 16.5. The molecule has 42 heavy (non-hydrogen) atoms. The number of fused-ring (bicyclic) bond motifs is 3. The predicted octanol–water partition coefficient (Wildman–Crippen LogP) is 10.5. The van der Waals surface area contributed by atoms with Crippen LogP contribution in [0, 0.1) is 23.7 Å². The van der Waals surface area contributed by atoms with Gasteiger partial charge in [0.25, 0.3) is 0 Å². The molecule has 2 heteroatoms. The van der Waals surface area contributed by atoms with E-state index in [1.807, 2.05) is 12.1 Å². The van der Waals surface area contributed by atoms with E-state index in [2.05, 4.69) is 75.9 Å². The minimum atomic E-state index is 0.156. The van der Waals surface area contributed by atoms with Crippen molar-refractivity contribution in [3.05, 3.63) is 101 Å². The predicted molar refractivity (Wildman–Crippen MR) is 175 cm³/mol. The fraction of sp³-hybridized carbons (Fsp3) is 0.475. The average molecular weight is 561 g/mol. The minimum Gasteiger partial charge on any atom is -0.496 e. The number of carbonyl (C=O) groups is 1. The van der Waals surface area contributed by atoms with Gasteiger partial charge in [0.2, 0.25) is 0 Å². The molecular weight excluding hydrogens is 512 g/mol. The largest absolute Gasteiger partial charge is 0.496 e. The molecular formula is C40H48O2. The summed E-state index contributed by atoms with van der Waals surface area (Å²) in [6.07, 6.45) is 10.9. The first-order valence-electron chi connectivity index (χ1n) is 16.5. The maximum Gasteiger partial charge on any atom is 0.166 e. The first-order valence-corrected chi connectivity index (χ1v) is 16.5. The molecule has 3 aromatic rings. The van der Waals surface area contributed by atoms with Gasteiger partial charge in [-0.3, -0.25) is 4.79 Å². The van der Waals surface area contributed by atoms with E-state index in [1.54, 1.807) is 7.11 Å². The number of benzene rings is 3. The molecule has 2 saturated carbocycles. The van der Waals surface area contributed by atoms with Crippen molar-refractivity contribution in [2.75, 3.05) is 7.11 Å². The lowest BCUT2D eigenvalue weighted by Gasteiger charge is -2.37. The Balaban J connectivity index is 1.18. The van der Waals surface area contributed by atoms with Crippen LogP contribution in [0.1, 0.15) is 117 Å². The third kappa shape index (κ3) is 5.62. The van der Waals surface area contributed by atoms with Gasteiger partial charge in [0.1, 0.15) is 5.75 Å². The first-order chi connectivity index (χ1) is 20.3. The first kappa shape index (κ1) is 29.0. The van der Waals surface area contributed by atoms with Gasteiger partial charge in [-0.25, -0.2) is 0 Å². The van der Waals surface area contributed by atoms with E-state index in [9.17, 15) is 4.79 Å². The molecule has 2 unspecified atom stereocenters. The van der Waals surface area contributed by atoms with Crippen LogP contribution in [0.15, 0.2) is 72.8 Å². The number of Topliss-reactive ketones (excluding diaryl/α,β-unsaturated/α-hetero) is 1. The molecule has 0 amide bonds. The number of methoxy groups -OCH3 is 1. The lowest BCUT2D eigenvalue weighted by molar-refractivity contribution is 0.0831. The Kier molecular flexibility index (Phi) is 8.44. The minimum absolute atomic E-state index is 0.156. The Morgan fingerprint density at radius 2 is 1.40 bits per heavy atom. The standard InChI is InChI=1S/C40H48O2/c1-25-10-13-30(14-11-25)31-15-17-32(18-16-31)40(41)34-20-19-33(39(24-34)42-5)22-29-12-21-36-28(4)26(2)27(3)35-8-6-7-9-37(35)38(36)23-29/h6-9,12,19-21,23-25,27-28,30-32H,2,10-11,13-18,22H2,1,3-5H3. The van der Waals surface area contributed by atoms with Crippen LogP contribution in [-0.2, 0) is 6.42 Å². The van der Waals surface area contributed by atoms with Crippen molar-refractivity contribution in [2.24, 2.45) is 23.7 Å². The van der Waals surface area contributed by atoms with Crippen LogP contribution >= 0.6 is 0 Å². The van der Waals surface area contributed by atoms with Gasteiger partial charge in [0.05, 0.1) is 7.11 Å². The Hall–Kier alpha value is -3.13. The fourth-order valence-electron chi connectivity index (χ4n) is 8.33. The summed E-state index contributed by atoms with van der Waals surface area (Å²) >= 11 is 0. The zero-order valence-corrected chi connectivity index (χ0v) is 26.1. The zero-order chi connectivity index (χ0) is 29.4. The molecule has 3 aliphatic carbocycles. The highest BCUT2D eigenvalue weighted by Gasteiger charge is 2.33. The molecule has 220 valence electrons. The molecule has 0 N–H and O–H groups in total. The summed E-state index contributed by atoms with van der Waals surface area (Å²) in [6, 6.07) is 21.9. The van der Waals surface area contributed by atoms with Crippen LogP contribution in [0.3, 0.4) is 0 Å². The van der Waals surface area contributed by atoms with Crippen molar-refractivity contribution < 1.29 is 9.53 Å². The number of ketones is 1. The van der Waals surface area contributed by atoms with E-state index in [0.29, 0.717) is 17.6 Å². The molecule has 0 spiro atoms. The topological polar surface area (TPSA) is 26.3 Å². The molecule has 2 nitrogen and oxygen atoms in total. The van der Waals surface area contributed by atoms with Crippen molar-refractivity contribution in [3.63, 3.8) is 0 Å². The molecule has 0 saturated heterocycles. The van der Waals surface area contributed by atoms with Crippen molar-refractivity contribution in [3.8, 4) is 16.9 Å². The molecule has 0 aromatic heterocycles. The molecule has 6 rings (SSSR count). The zero-order valence-electron chi connectivity index (χ0n) is 26.1. The monoisotopic (exact) mass is 560 g/mol. The van der Waals surface area contributed by atoms with Crippen molar-refractivity contribution in [1.82, 2.24) is 0 Å². The summed E-state index contributed by atoms with van der Waals surface area (Å²) in [6.45, 7) is 11.4. The van der Waals surface area contributed by atoms with E-state index in [4.69, 9.17) is 4.74 Å². The maximum atomic E-state index is 13.6. The summed E-state index contributed by atoms with van der Waals surface area (Å²) in [5.41, 5.74) is 9.78. The molecule has 0 heterocycles. The van der Waals surface area contributed by atoms with Crippen LogP contribution in [0.25, 0.3) is 11.1 Å². The quantitative estimate of drug-likeness (QED) is 0.221. The van der Waals surface area contributed by atoms with Crippen LogP contribution in [0.4, 0.5) is 0 Å². The fourth-order valence-corrected chi connectivity index (χ4v) is 8.33. The van der Waals surface area contributed by atoms with Gasteiger partial charge >= 0.3 is 0 Å². The highest BCUT2D eigenvalue weighted by molar-refractivity contribution is 5.98. The van der Waals surface area contributed by atoms with Gasteiger partial charge in [-0.15, -0.1) is 0 Å². The third-order valence-corrected chi connectivity index (χ3v) is 11.3. The molecule has 3 aromatic carbocycles. The number of allylic oxidation sites excluding steroid dienone is 1. The van der Waals surface area contributed by atoms with Crippen LogP contribution in [0.2, 0.25) is 0 Å². The lowest BCUT2D eigenvalue weighted by Crippen LogP contribution is -2.28. The SMILES string of the molecule is C=C1C(C)c2ccccc2-c2cc(Cc3ccc(C(=O)C4CCC(C5CCC(C)CC5)CC4)cc3OC)ccc2C1C. The molecule has 0 radical (unpaired) electrons. The number of rotatable bonds is 6. The third-order valence-electron chi connectivity index (χ3n) is 11.3. The maximum absolute atomic E-state index is 13.6. The Bertz CT molecular complexity index is 1450. The average Bonchev–Trinajstić information content (AvgIpc) is 3.10. The van der Waals surface area contributed by atoms with E-state index in [-0.39, 0.29) is 5.92 Å². The molecule has 2 fully saturated rings. The lowest BCUT2D eigenvalue weighted by atomic mass is 9.68.